The maximum Gasteiger partial charge on any atom is 0.261 e. The molecule has 2 N–H and O–H groups in total. The minimum absolute atomic E-state index is 0.0959. The Balaban J connectivity index is 2.26. The Hall–Kier alpha value is -2.41. The fourth-order valence-electron chi connectivity index (χ4n) is 1.72. The van der Waals surface area contributed by atoms with Gasteiger partial charge in [-0.25, -0.2) is 8.42 Å². The van der Waals surface area contributed by atoms with Crippen LogP contribution < -0.4 is 14.2 Å². The van der Waals surface area contributed by atoms with Gasteiger partial charge in [0.1, 0.15) is 5.75 Å². The molecule has 0 aliphatic rings. The number of rotatable bonds is 5. The molecule has 0 atom stereocenters. The highest BCUT2D eigenvalue weighted by atomic mass is 32.2. The van der Waals surface area contributed by atoms with Crippen molar-refractivity contribution in [1.29, 1.82) is 0 Å². The normalized spacial score (nSPS) is 11.0. The van der Waals surface area contributed by atoms with Gasteiger partial charge in [0.05, 0.1) is 24.8 Å². The molecule has 21 heavy (non-hydrogen) atoms. The molecule has 2 rings (SSSR count). The Bertz CT molecular complexity index is 726. The van der Waals surface area contributed by atoms with Crippen LogP contribution in [0.5, 0.6) is 17.2 Å². The number of aromatic hydroxyl groups is 1. The first-order valence-electron chi connectivity index (χ1n) is 6.00. The van der Waals surface area contributed by atoms with E-state index in [1.165, 1.54) is 44.6 Å². The van der Waals surface area contributed by atoms with Gasteiger partial charge in [-0.1, -0.05) is 0 Å². The summed E-state index contributed by atoms with van der Waals surface area (Å²) >= 11 is 0. The minimum atomic E-state index is -3.73. The highest BCUT2D eigenvalue weighted by molar-refractivity contribution is 7.92. The summed E-state index contributed by atoms with van der Waals surface area (Å²) in [7, 11) is -0.817. The molecule has 2 aromatic rings. The van der Waals surface area contributed by atoms with Gasteiger partial charge < -0.3 is 14.6 Å². The Morgan fingerprint density at radius 3 is 2.19 bits per heavy atom. The molecule has 0 heterocycles. The summed E-state index contributed by atoms with van der Waals surface area (Å²) in [5.41, 5.74) is 0.240. The average Bonchev–Trinajstić information content (AvgIpc) is 2.47. The molecule has 0 aliphatic heterocycles. The predicted octanol–water partition coefficient (Wildman–Crippen LogP) is 2.21. The van der Waals surface area contributed by atoms with Crippen molar-refractivity contribution in [3.63, 3.8) is 0 Å². The maximum absolute atomic E-state index is 12.2. The zero-order valence-corrected chi connectivity index (χ0v) is 12.3. The lowest BCUT2D eigenvalue weighted by Gasteiger charge is -2.10. The van der Waals surface area contributed by atoms with Gasteiger partial charge >= 0.3 is 0 Å². The van der Waals surface area contributed by atoms with Gasteiger partial charge in [0.2, 0.25) is 0 Å². The van der Waals surface area contributed by atoms with E-state index in [0.717, 1.165) is 0 Å². The van der Waals surface area contributed by atoms with E-state index < -0.39 is 10.0 Å². The Morgan fingerprint density at radius 2 is 1.67 bits per heavy atom. The fraction of sp³-hybridized carbons (Fsp3) is 0.143. The molecule has 0 amide bonds. The maximum atomic E-state index is 12.2. The van der Waals surface area contributed by atoms with Gasteiger partial charge in [0.25, 0.3) is 10.0 Å². The SMILES string of the molecule is COc1ccc(S(=O)(=O)Nc2ccc(OC)c(O)c2)cc1. The number of ether oxygens (including phenoxy) is 2. The van der Waals surface area contributed by atoms with E-state index in [0.29, 0.717) is 5.75 Å². The molecule has 0 aliphatic carbocycles. The third-order valence-electron chi connectivity index (χ3n) is 2.80. The van der Waals surface area contributed by atoms with Crippen molar-refractivity contribution in [2.24, 2.45) is 0 Å². The van der Waals surface area contributed by atoms with Crippen molar-refractivity contribution in [2.45, 2.75) is 4.90 Å². The van der Waals surface area contributed by atoms with E-state index in [4.69, 9.17) is 9.47 Å². The Labute approximate surface area is 123 Å². The number of phenolic OH excluding ortho intramolecular Hbond substituents is 1. The molecule has 0 radical (unpaired) electrons. The van der Waals surface area contributed by atoms with E-state index in [1.54, 1.807) is 12.1 Å². The predicted molar refractivity (Wildman–Crippen MR) is 78.5 cm³/mol. The molecular formula is C14H15NO5S. The third-order valence-corrected chi connectivity index (χ3v) is 4.20. The number of hydrogen-bond acceptors (Lipinski definition) is 5. The molecule has 6 nitrogen and oxygen atoms in total. The van der Waals surface area contributed by atoms with Crippen molar-refractivity contribution in [2.75, 3.05) is 18.9 Å². The number of phenols is 1. The first kappa shape index (κ1) is 15.0. The van der Waals surface area contributed by atoms with Crippen molar-refractivity contribution >= 4 is 15.7 Å². The first-order chi connectivity index (χ1) is 9.96. The van der Waals surface area contributed by atoms with E-state index in [1.807, 2.05) is 0 Å². The lowest BCUT2D eigenvalue weighted by Crippen LogP contribution is -2.12. The molecule has 0 unspecified atom stereocenters. The Morgan fingerprint density at radius 1 is 1.00 bits per heavy atom. The second-order valence-electron chi connectivity index (χ2n) is 4.17. The van der Waals surface area contributed by atoms with Crippen molar-refractivity contribution < 1.29 is 23.0 Å². The van der Waals surface area contributed by atoms with Crippen LogP contribution in [0.2, 0.25) is 0 Å². The summed E-state index contributed by atoms with van der Waals surface area (Å²) in [4.78, 5) is 0.0959. The van der Waals surface area contributed by atoms with Gasteiger partial charge in [0.15, 0.2) is 11.5 Å². The Kier molecular flexibility index (Phi) is 4.23. The number of hydrogen-bond donors (Lipinski definition) is 2. The number of benzene rings is 2. The molecule has 112 valence electrons. The number of nitrogens with one attached hydrogen (secondary N) is 1. The van der Waals surface area contributed by atoms with Crippen LogP contribution in [-0.2, 0) is 10.0 Å². The molecule has 0 saturated heterocycles. The molecule has 0 spiro atoms. The molecule has 0 saturated carbocycles. The largest absolute Gasteiger partial charge is 0.504 e. The number of anilines is 1. The molecular weight excluding hydrogens is 294 g/mol. The van der Waals surface area contributed by atoms with Gasteiger partial charge in [0, 0.05) is 6.07 Å². The van der Waals surface area contributed by atoms with E-state index >= 15 is 0 Å². The van der Waals surface area contributed by atoms with Gasteiger partial charge in [-0.2, -0.15) is 0 Å². The third kappa shape index (κ3) is 3.38. The van der Waals surface area contributed by atoms with Crippen LogP contribution in [0.1, 0.15) is 0 Å². The van der Waals surface area contributed by atoms with Crippen LogP contribution in [0.15, 0.2) is 47.4 Å². The summed E-state index contributed by atoms with van der Waals surface area (Å²) in [5, 5.41) is 9.65. The van der Waals surface area contributed by atoms with Gasteiger partial charge in [-0.05, 0) is 36.4 Å². The summed E-state index contributed by atoms with van der Waals surface area (Å²) in [5.74, 6) is 0.686. The molecule has 0 bridgehead atoms. The second kappa shape index (κ2) is 5.92. The van der Waals surface area contributed by atoms with Gasteiger partial charge in [-0.15, -0.1) is 0 Å². The summed E-state index contributed by atoms with van der Waals surface area (Å²) in [6.45, 7) is 0. The zero-order valence-electron chi connectivity index (χ0n) is 11.5. The minimum Gasteiger partial charge on any atom is -0.504 e. The van der Waals surface area contributed by atoms with Crippen LogP contribution in [0.25, 0.3) is 0 Å². The molecule has 0 aromatic heterocycles. The number of sulfonamides is 1. The van der Waals surface area contributed by atoms with Crippen LogP contribution in [-0.4, -0.2) is 27.7 Å². The highest BCUT2D eigenvalue weighted by Gasteiger charge is 2.15. The summed E-state index contributed by atoms with van der Waals surface area (Å²) in [6.07, 6.45) is 0. The van der Waals surface area contributed by atoms with Crippen molar-refractivity contribution in [3.8, 4) is 17.2 Å². The lowest BCUT2D eigenvalue weighted by molar-refractivity contribution is 0.373. The van der Waals surface area contributed by atoms with Crippen molar-refractivity contribution in [1.82, 2.24) is 0 Å². The van der Waals surface area contributed by atoms with E-state index in [2.05, 4.69) is 4.72 Å². The fourth-order valence-corrected chi connectivity index (χ4v) is 2.77. The molecule has 2 aromatic carbocycles. The van der Waals surface area contributed by atoms with E-state index in [9.17, 15) is 13.5 Å². The lowest BCUT2D eigenvalue weighted by atomic mass is 10.3. The topological polar surface area (TPSA) is 84.9 Å². The average molecular weight is 309 g/mol. The smallest absolute Gasteiger partial charge is 0.261 e. The molecule has 7 heteroatoms. The first-order valence-corrected chi connectivity index (χ1v) is 7.48. The van der Waals surface area contributed by atoms with E-state index in [-0.39, 0.29) is 22.1 Å². The monoisotopic (exact) mass is 309 g/mol. The summed E-state index contributed by atoms with van der Waals surface area (Å²) in [6, 6.07) is 10.2. The van der Waals surface area contributed by atoms with Crippen molar-refractivity contribution in [3.05, 3.63) is 42.5 Å². The van der Waals surface area contributed by atoms with Crippen LogP contribution in [0.3, 0.4) is 0 Å². The standard InChI is InChI=1S/C14H15NO5S/c1-19-11-4-6-12(7-5-11)21(17,18)15-10-3-8-14(20-2)13(16)9-10/h3-9,15-16H,1-2H3. The van der Waals surface area contributed by atoms with Crippen LogP contribution in [0, 0.1) is 0 Å². The zero-order chi connectivity index (χ0) is 15.5. The number of methoxy groups -OCH3 is 2. The molecule has 0 fully saturated rings. The van der Waals surface area contributed by atoms with Crippen LogP contribution >= 0.6 is 0 Å². The second-order valence-corrected chi connectivity index (χ2v) is 5.85. The highest BCUT2D eigenvalue weighted by Crippen LogP contribution is 2.29. The quantitative estimate of drug-likeness (QED) is 0.884. The summed E-state index contributed by atoms with van der Waals surface area (Å²) < 4.78 is 36.7. The van der Waals surface area contributed by atoms with Crippen LogP contribution in [0.4, 0.5) is 5.69 Å². The van der Waals surface area contributed by atoms with Gasteiger partial charge in [-0.3, -0.25) is 4.72 Å².